The van der Waals surface area contributed by atoms with Crippen LogP contribution in [0.15, 0.2) is 12.3 Å². The van der Waals surface area contributed by atoms with E-state index in [0.29, 0.717) is 10.7 Å². The van der Waals surface area contributed by atoms with Gasteiger partial charge in [-0.2, -0.15) is 0 Å². The molecule has 2 N–H and O–H groups in total. The highest BCUT2D eigenvalue weighted by molar-refractivity contribution is 6.31. The molecule has 1 aliphatic rings. The number of aliphatic carboxylic acids is 1. The van der Waals surface area contributed by atoms with Gasteiger partial charge in [0.1, 0.15) is 11.7 Å². The summed E-state index contributed by atoms with van der Waals surface area (Å²) in [4.78, 5) is 24.4. The van der Waals surface area contributed by atoms with E-state index in [9.17, 15) is 14.7 Å². The number of β-amino-alcohol motifs (C(OH)–C–C–N with tert-alkyl or cyclic N) is 1. The second-order valence-electron chi connectivity index (χ2n) is 4.36. The number of halogens is 1. The van der Waals surface area contributed by atoms with Crippen molar-refractivity contribution in [3.05, 3.63) is 23.0 Å². The highest BCUT2D eigenvalue weighted by Gasteiger charge is 2.39. The zero-order valence-corrected chi connectivity index (χ0v) is 10.5. The van der Waals surface area contributed by atoms with Gasteiger partial charge in [-0.05, 0) is 6.07 Å². The molecule has 6 nitrogen and oxygen atoms in total. The second kappa shape index (κ2) is 4.62. The molecule has 1 amide bonds. The molecule has 2 rings (SSSR count). The molecule has 18 heavy (non-hydrogen) atoms. The van der Waals surface area contributed by atoms with Gasteiger partial charge in [-0.1, -0.05) is 11.6 Å². The number of likely N-dealkylation sites (tertiary alicyclic amines) is 1. The Morgan fingerprint density at radius 2 is 2.17 bits per heavy atom. The number of hydrogen-bond donors (Lipinski definition) is 2. The molecule has 1 aliphatic heterocycles. The normalized spacial score (nSPS) is 23.4. The molecule has 0 saturated carbocycles. The monoisotopic (exact) mass is 272 g/mol. The van der Waals surface area contributed by atoms with Crippen molar-refractivity contribution in [2.24, 2.45) is 7.05 Å². The molecule has 0 bridgehead atoms. The minimum Gasteiger partial charge on any atom is -0.480 e. The van der Waals surface area contributed by atoms with Crippen LogP contribution in [0.2, 0.25) is 5.02 Å². The number of aromatic nitrogens is 1. The molecule has 0 unspecified atom stereocenters. The van der Waals surface area contributed by atoms with Crippen LogP contribution in [0.5, 0.6) is 0 Å². The Bertz CT molecular complexity index is 499. The van der Waals surface area contributed by atoms with E-state index in [1.165, 1.54) is 15.5 Å². The third kappa shape index (κ3) is 2.21. The Morgan fingerprint density at radius 1 is 1.50 bits per heavy atom. The molecule has 2 heterocycles. The summed E-state index contributed by atoms with van der Waals surface area (Å²) in [5.74, 6) is -1.55. The summed E-state index contributed by atoms with van der Waals surface area (Å²) < 4.78 is 1.54. The standard InChI is InChI=1S/C11H13ClN2O4/c1-13-4-6(12)2-8(13)10(16)14-5-7(15)3-9(14)11(17)18/h2,4,7,9,15H,3,5H2,1H3,(H,17,18)/t7-,9-/m1/s1. The summed E-state index contributed by atoms with van der Waals surface area (Å²) in [7, 11) is 1.65. The second-order valence-corrected chi connectivity index (χ2v) is 4.79. The average molecular weight is 273 g/mol. The van der Waals surface area contributed by atoms with Gasteiger partial charge in [0, 0.05) is 26.2 Å². The van der Waals surface area contributed by atoms with Gasteiger partial charge in [0.15, 0.2) is 0 Å². The van der Waals surface area contributed by atoms with Gasteiger partial charge in [-0.3, -0.25) is 4.79 Å². The smallest absolute Gasteiger partial charge is 0.326 e. The number of amides is 1. The number of carbonyl (C=O) groups is 2. The maximum absolute atomic E-state index is 12.2. The molecule has 2 atom stereocenters. The SMILES string of the molecule is Cn1cc(Cl)cc1C(=O)N1C[C@H](O)C[C@@H]1C(=O)O. The minimum atomic E-state index is -1.11. The van der Waals surface area contributed by atoms with Crippen molar-refractivity contribution in [1.29, 1.82) is 0 Å². The highest BCUT2D eigenvalue weighted by Crippen LogP contribution is 2.22. The highest BCUT2D eigenvalue weighted by atomic mass is 35.5. The van der Waals surface area contributed by atoms with Crippen molar-refractivity contribution in [3.8, 4) is 0 Å². The van der Waals surface area contributed by atoms with Crippen LogP contribution in [0.1, 0.15) is 16.9 Å². The molecule has 7 heteroatoms. The molecule has 0 aliphatic carbocycles. The molecule has 1 aromatic heterocycles. The fraction of sp³-hybridized carbons (Fsp3) is 0.455. The Morgan fingerprint density at radius 3 is 2.67 bits per heavy atom. The summed E-state index contributed by atoms with van der Waals surface area (Å²) in [5.41, 5.74) is 0.306. The molecular weight excluding hydrogens is 260 g/mol. The van der Waals surface area contributed by atoms with Crippen LogP contribution < -0.4 is 0 Å². The molecule has 1 fully saturated rings. The van der Waals surface area contributed by atoms with Gasteiger partial charge < -0.3 is 19.7 Å². The van der Waals surface area contributed by atoms with Gasteiger partial charge in [-0.15, -0.1) is 0 Å². The first-order valence-corrected chi connectivity index (χ1v) is 5.81. The Kier molecular flexibility index (Phi) is 3.32. The number of aryl methyl sites for hydroxylation is 1. The molecule has 0 spiro atoms. The topological polar surface area (TPSA) is 82.8 Å². The number of carboxylic acids is 1. The van der Waals surface area contributed by atoms with Crippen molar-refractivity contribution in [2.75, 3.05) is 6.54 Å². The fourth-order valence-electron chi connectivity index (χ4n) is 2.16. The molecule has 0 aromatic carbocycles. The van der Waals surface area contributed by atoms with Crippen molar-refractivity contribution >= 4 is 23.5 Å². The number of aliphatic hydroxyl groups excluding tert-OH is 1. The fourth-order valence-corrected chi connectivity index (χ4v) is 2.41. The van der Waals surface area contributed by atoms with Crippen LogP contribution in [0.3, 0.4) is 0 Å². The van der Waals surface area contributed by atoms with Crippen LogP contribution in [0, 0.1) is 0 Å². The number of nitrogens with zero attached hydrogens (tertiary/aromatic N) is 2. The van der Waals surface area contributed by atoms with E-state index in [-0.39, 0.29) is 13.0 Å². The largest absolute Gasteiger partial charge is 0.480 e. The van der Waals surface area contributed by atoms with Crippen molar-refractivity contribution in [2.45, 2.75) is 18.6 Å². The Labute approximate surface area is 108 Å². The van der Waals surface area contributed by atoms with Crippen LogP contribution in [0.4, 0.5) is 0 Å². The lowest BCUT2D eigenvalue weighted by Gasteiger charge is -2.21. The predicted molar refractivity (Wildman–Crippen MR) is 63.5 cm³/mol. The maximum Gasteiger partial charge on any atom is 0.326 e. The predicted octanol–water partition coefficient (Wildman–Crippen LogP) is 0.339. The van der Waals surface area contributed by atoms with Crippen molar-refractivity contribution < 1.29 is 19.8 Å². The summed E-state index contributed by atoms with van der Waals surface area (Å²) in [5, 5.41) is 18.9. The zero-order valence-electron chi connectivity index (χ0n) is 9.71. The first kappa shape index (κ1) is 12.9. The lowest BCUT2D eigenvalue weighted by Crippen LogP contribution is -2.41. The van der Waals surface area contributed by atoms with Gasteiger partial charge in [0.05, 0.1) is 11.1 Å². The first-order chi connectivity index (χ1) is 8.40. The minimum absolute atomic E-state index is 0.0264. The van der Waals surface area contributed by atoms with E-state index >= 15 is 0 Å². The van der Waals surface area contributed by atoms with Crippen LogP contribution >= 0.6 is 11.6 Å². The van der Waals surface area contributed by atoms with Gasteiger partial charge >= 0.3 is 5.97 Å². The number of rotatable bonds is 2. The van der Waals surface area contributed by atoms with Gasteiger partial charge in [-0.25, -0.2) is 4.79 Å². The van der Waals surface area contributed by atoms with Crippen molar-refractivity contribution in [1.82, 2.24) is 9.47 Å². The third-order valence-electron chi connectivity index (χ3n) is 3.02. The number of carbonyl (C=O) groups excluding carboxylic acids is 1. The maximum atomic E-state index is 12.2. The number of carboxylic acid groups (broad SMARTS) is 1. The van der Waals surface area contributed by atoms with E-state index in [1.54, 1.807) is 13.2 Å². The van der Waals surface area contributed by atoms with Crippen LogP contribution in [-0.4, -0.2) is 50.2 Å². The van der Waals surface area contributed by atoms with E-state index in [2.05, 4.69) is 0 Å². The van der Waals surface area contributed by atoms with E-state index in [4.69, 9.17) is 16.7 Å². The van der Waals surface area contributed by atoms with Crippen molar-refractivity contribution in [3.63, 3.8) is 0 Å². The molecule has 98 valence electrons. The number of hydrogen-bond acceptors (Lipinski definition) is 3. The van der Waals surface area contributed by atoms with Crippen LogP contribution in [0.25, 0.3) is 0 Å². The van der Waals surface area contributed by atoms with E-state index < -0.39 is 24.0 Å². The lowest BCUT2D eigenvalue weighted by atomic mass is 10.2. The summed E-state index contributed by atoms with van der Waals surface area (Å²) >= 11 is 5.79. The van der Waals surface area contributed by atoms with Gasteiger partial charge in [0.2, 0.25) is 0 Å². The van der Waals surface area contributed by atoms with E-state index in [0.717, 1.165) is 0 Å². The summed E-state index contributed by atoms with van der Waals surface area (Å²) in [6, 6.07) is 0.495. The summed E-state index contributed by atoms with van der Waals surface area (Å²) in [6.45, 7) is 0.0264. The first-order valence-electron chi connectivity index (χ1n) is 5.44. The zero-order chi connectivity index (χ0) is 13.4. The summed E-state index contributed by atoms with van der Waals surface area (Å²) in [6.07, 6.45) is 0.821. The van der Waals surface area contributed by atoms with E-state index in [1.807, 2.05) is 0 Å². The van der Waals surface area contributed by atoms with Gasteiger partial charge in [0.25, 0.3) is 5.91 Å². The Balaban J connectivity index is 2.28. The molecule has 1 aromatic rings. The molecular formula is C11H13ClN2O4. The number of aliphatic hydroxyl groups is 1. The lowest BCUT2D eigenvalue weighted by molar-refractivity contribution is -0.141. The Hall–Kier alpha value is -1.53. The quantitative estimate of drug-likeness (QED) is 0.813. The van der Waals surface area contributed by atoms with Crippen LogP contribution in [-0.2, 0) is 11.8 Å². The average Bonchev–Trinajstić information content (AvgIpc) is 2.81. The molecule has 0 radical (unpaired) electrons. The molecule has 1 saturated heterocycles. The third-order valence-corrected chi connectivity index (χ3v) is 3.22.